The lowest BCUT2D eigenvalue weighted by molar-refractivity contribution is 0.0926. The van der Waals surface area contributed by atoms with Gasteiger partial charge in [-0.3, -0.25) is 14.9 Å². The largest absolute Gasteiger partial charge is 0.459 e. The second kappa shape index (κ2) is 9.25. The number of aromatic nitrogens is 3. The first-order valence-corrected chi connectivity index (χ1v) is 10.3. The van der Waals surface area contributed by atoms with Gasteiger partial charge >= 0.3 is 0 Å². The Kier molecular flexibility index (Phi) is 6.07. The van der Waals surface area contributed by atoms with E-state index in [0.29, 0.717) is 12.3 Å². The number of amides is 1. The minimum Gasteiger partial charge on any atom is -0.459 e. The zero-order valence-corrected chi connectivity index (χ0v) is 16.5. The molecule has 0 aliphatic heterocycles. The summed E-state index contributed by atoms with van der Waals surface area (Å²) in [6, 6.07) is 15.5. The van der Waals surface area contributed by atoms with Gasteiger partial charge in [-0.1, -0.05) is 6.07 Å². The fourth-order valence-electron chi connectivity index (χ4n) is 2.83. The number of hydrogen-bond donors (Lipinski definition) is 2. The molecule has 4 aromatic rings. The van der Waals surface area contributed by atoms with E-state index in [0.717, 1.165) is 34.5 Å². The maximum absolute atomic E-state index is 11.8. The molecular weight excluding hydrogens is 384 g/mol. The van der Waals surface area contributed by atoms with Gasteiger partial charge in [0.2, 0.25) is 0 Å². The lowest BCUT2D eigenvalue weighted by atomic mass is 10.2. The maximum atomic E-state index is 11.8. The summed E-state index contributed by atoms with van der Waals surface area (Å²) in [6.45, 7) is 0.612. The van der Waals surface area contributed by atoms with Crippen molar-refractivity contribution in [1.82, 2.24) is 20.5 Å². The molecule has 0 aliphatic rings. The van der Waals surface area contributed by atoms with Crippen LogP contribution >= 0.6 is 11.8 Å². The standard InChI is InChI=1S/C22H20N4O2S/c27-22(21-6-3-13-28-21)24-12-4-14-29-17-8-9-18-19(25-26-20(18)15-17)10-7-16-5-1-2-11-23-16/h1-3,5-11,13,15H,4,12,14H2,(H,24,27)(H,25,26)/b10-7+. The van der Waals surface area contributed by atoms with Gasteiger partial charge < -0.3 is 9.73 Å². The second-order valence-corrected chi connectivity index (χ2v) is 7.51. The van der Waals surface area contributed by atoms with Crippen molar-refractivity contribution < 1.29 is 9.21 Å². The van der Waals surface area contributed by atoms with Crippen LogP contribution in [0.1, 0.15) is 28.4 Å². The molecule has 0 unspecified atom stereocenters. The maximum Gasteiger partial charge on any atom is 0.286 e. The van der Waals surface area contributed by atoms with Gasteiger partial charge in [0, 0.05) is 23.0 Å². The molecule has 0 bridgehead atoms. The van der Waals surface area contributed by atoms with Gasteiger partial charge in [0.25, 0.3) is 5.91 Å². The highest BCUT2D eigenvalue weighted by Crippen LogP contribution is 2.25. The Labute approximate surface area is 172 Å². The molecule has 1 aromatic carbocycles. The normalized spacial score (nSPS) is 11.3. The average molecular weight is 404 g/mol. The topological polar surface area (TPSA) is 83.8 Å². The highest BCUT2D eigenvalue weighted by atomic mass is 32.2. The summed E-state index contributed by atoms with van der Waals surface area (Å²) in [4.78, 5) is 17.3. The first-order valence-electron chi connectivity index (χ1n) is 9.31. The summed E-state index contributed by atoms with van der Waals surface area (Å²) in [5.41, 5.74) is 2.79. The van der Waals surface area contributed by atoms with Crippen molar-refractivity contribution in [3.63, 3.8) is 0 Å². The number of hydrogen-bond acceptors (Lipinski definition) is 5. The molecule has 6 nitrogen and oxygen atoms in total. The van der Waals surface area contributed by atoms with Crippen LogP contribution in [-0.4, -0.2) is 33.4 Å². The molecular formula is C22H20N4O2S. The third-order valence-corrected chi connectivity index (χ3v) is 5.36. The Hall–Kier alpha value is -3.32. The number of pyridine rings is 1. The summed E-state index contributed by atoms with van der Waals surface area (Å²) >= 11 is 1.75. The molecule has 1 amide bonds. The second-order valence-electron chi connectivity index (χ2n) is 6.34. The van der Waals surface area contributed by atoms with Crippen molar-refractivity contribution in [3.8, 4) is 0 Å². The fraction of sp³-hybridized carbons (Fsp3) is 0.136. The van der Waals surface area contributed by atoms with Crippen LogP contribution in [0.5, 0.6) is 0 Å². The van der Waals surface area contributed by atoms with E-state index in [-0.39, 0.29) is 5.91 Å². The van der Waals surface area contributed by atoms with Crippen LogP contribution < -0.4 is 5.32 Å². The summed E-state index contributed by atoms with van der Waals surface area (Å²) in [5.74, 6) is 1.07. The van der Waals surface area contributed by atoms with Gasteiger partial charge in [0.15, 0.2) is 5.76 Å². The number of thioether (sulfide) groups is 1. The molecule has 29 heavy (non-hydrogen) atoms. The Bertz CT molecular complexity index is 1100. The SMILES string of the molecule is O=C(NCCCSc1ccc2c(/C=C/c3ccccn3)n[nH]c2c1)c1ccco1. The van der Waals surface area contributed by atoms with E-state index in [1.165, 1.54) is 11.2 Å². The zero-order chi connectivity index (χ0) is 19.9. The van der Waals surface area contributed by atoms with E-state index >= 15 is 0 Å². The molecule has 2 N–H and O–H groups in total. The van der Waals surface area contributed by atoms with Crippen LogP contribution in [0.4, 0.5) is 0 Å². The molecule has 4 rings (SSSR count). The molecule has 0 saturated heterocycles. The summed E-state index contributed by atoms with van der Waals surface area (Å²) in [7, 11) is 0. The summed E-state index contributed by atoms with van der Waals surface area (Å²) < 4.78 is 5.07. The molecule has 3 aromatic heterocycles. The number of carbonyl (C=O) groups is 1. The van der Waals surface area contributed by atoms with Crippen molar-refractivity contribution in [3.05, 3.63) is 78.1 Å². The Morgan fingerprint density at radius 2 is 2.14 bits per heavy atom. The quantitative estimate of drug-likeness (QED) is 0.330. The van der Waals surface area contributed by atoms with Crippen LogP contribution in [0.2, 0.25) is 0 Å². The van der Waals surface area contributed by atoms with Gasteiger partial charge in [0.05, 0.1) is 23.2 Å². The number of benzene rings is 1. The third kappa shape index (κ3) is 4.94. The first kappa shape index (κ1) is 19.0. The number of nitrogens with zero attached hydrogens (tertiary/aromatic N) is 2. The van der Waals surface area contributed by atoms with Crippen molar-refractivity contribution >= 4 is 40.7 Å². The van der Waals surface area contributed by atoms with E-state index in [2.05, 4.69) is 38.7 Å². The molecule has 0 aliphatic carbocycles. The highest BCUT2D eigenvalue weighted by molar-refractivity contribution is 7.99. The number of H-pyrrole nitrogens is 1. The van der Waals surface area contributed by atoms with Gasteiger partial charge in [-0.25, -0.2) is 0 Å². The van der Waals surface area contributed by atoms with Crippen LogP contribution in [0, 0.1) is 0 Å². The molecule has 146 valence electrons. The number of rotatable bonds is 8. The Balaban J connectivity index is 1.29. The molecule has 7 heteroatoms. The molecule has 0 radical (unpaired) electrons. The molecule has 0 saturated carbocycles. The van der Waals surface area contributed by atoms with Gasteiger partial charge in [-0.05, 0) is 66.8 Å². The van der Waals surface area contributed by atoms with E-state index in [9.17, 15) is 4.79 Å². The van der Waals surface area contributed by atoms with E-state index in [4.69, 9.17) is 4.42 Å². The monoisotopic (exact) mass is 404 g/mol. The highest BCUT2D eigenvalue weighted by Gasteiger charge is 2.07. The summed E-state index contributed by atoms with van der Waals surface area (Å²) in [6.07, 6.45) is 8.06. The third-order valence-electron chi connectivity index (χ3n) is 4.28. The van der Waals surface area contributed by atoms with Gasteiger partial charge in [-0.2, -0.15) is 5.10 Å². The van der Waals surface area contributed by atoms with Crippen LogP contribution in [0.3, 0.4) is 0 Å². The zero-order valence-electron chi connectivity index (χ0n) is 15.7. The lowest BCUT2D eigenvalue weighted by Gasteiger charge is -2.04. The van der Waals surface area contributed by atoms with Crippen LogP contribution in [0.25, 0.3) is 23.1 Å². The molecule has 0 fully saturated rings. The van der Waals surface area contributed by atoms with Crippen molar-refractivity contribution in [1.29, 1.82) is 0 Å². The summed E-state index contributed by atoms with van der Waals surface area (Å²) in [5, 5.41) is 11.4. The predicted molar refractivity (Wildman–Crippen MR) is 116 cm³/mol. The minimum absolute atomic E-state index is 0.176. The first-order chi connectivity index (χ1) is 14.3. The Morgan fingerprint density at radius 1 is 1.17 bits per heavy atom. The minimum atomic E-state index is -0.176. The van der Waals surface area contributed by atoms with E-state index < -0.39 is 0 Å². The van der Waals surface area contributed by atoms with Crippen molar-refractivity contribution in [2.75, 3.05) is 12.3 Å². The van der Waals surface area contributed by atoms with Crippen LogP contribution in [-0.2, 0) is 0 Å². The molecule has 0 atom stereocenters. The number of furan rings is 1. The average Bonchev–Trinajstić information content (AvgIpc) is 3.43. The van der Waals surface area contributed by atoms with Gasteiger partial charge in [-0.15, -0.1) is 11.8 Å². The van der Waals surface area contributed by atoms with E-state index in [1.54, 1.807) is 30.1 Å². The number of fused-ring (bicyclic) bond motifs is 1. The Morgan fingerprint density at radius 3 is 2.97 bits per heavy atom. The fourth-order valence-corrected chi connectivity index (χ4v) is 3.72. The lowest BCUT2D eigenvalue weighted by Crippen LogP contribution is -2.24. The predicted octanol–water partition coefficient (Wildman–Crippen LogP) is 4.63. The van der Waals surface area contributed by atoms with E-state index in [1.807, 2.05) is 30.4 Å². The molecule has 0 spiro atoms. The smallest absolute Gasteiger partial charge is 0.286 e. The number of nitrogens with one attached hydrogen (secondary N) is 2. The van der Waals surface area contributed by atoms with Gasteiger partial charge in [0.1, 0.15) is 0 Å². The van der Waals surface area contributed by atoms with Crippen LogP contribution in [0.15, 0.2) is 70.3 Å². The number of aromatic amines is 1. The van der Waals surface area contributed by atoms with Crippen molar-refractivity contribution in [2.45, 2.75) is 11.3 Å². The van der Waals surface area contributed by atoms with Crippen molar-refractivity contribution in [2.24, 2.45) is 0 Å². The molecule has 3 heterocycles. The number of carbonyl (C=O) groups excluding carboxylic acids is 1.